The Morgan fingerprint density at radius 2 is 1.67 bits per heavy atom. The molecule has 4 aromatic rings. The third-order valence-corrected chi connectivity index (χ3v) is 5.61. The zero-order valence-electron chi connectivity index (χ0n) is 18.0. The summed E-state index contributed by atoms with van der Waals surface area (Å²) in [4.78, 5) is 26.4. The molecule has 2 amide bonds. The number of rotatable bonds is 6. The molecule has 0 spiro atoms. The summed E-state index contributed by atoms with van der Waals surface area (Å²) in [6.07, 6.45) is 0.615. The molecule has 1 unspecified atom stereocenters. The number of carbonyl (C=O) groups is 2. The van der Waals surface area contributed by atoms with Gasteiger partial charge in [-0.05, 0) is 36.2 Å². The summed E-state index contributed by atoms with van der Waals surface area (Å²) in [5, 5.41) is 6.43. The number of furan rings is 1. The molecular weight excluding hydrogens is 420 g/mol. The van der Waals surface area contributed by atoms with Crippen molar-refractivity contribution < 1.29 is 23.5 Å². The van der Waals surface area contributed by atoms with E-state index in [9.17, 15) is 9.59 Å². The van der Waals surface area contributed by atoms with Gasteiger partial charge in [-0.2, -0.15) is 0 Å². The van der Waals surface area contributed by atoms with E-state index in [1.807, 2.05) is 55.5 Å². The van der Waals surface area contributed by atoms with Gasteiger partial charge in [-0.1, -0.05) is 49.4 Å². The van der Waals surface area contributed by atoms with Crippen molar-refractivity contribution in [3.05, 3.63) is 84.1 Å². The third-order valence-electron chi connectivity index (χ3n) is 5.61. The smallest absolute Gasteiger partial charge is 0.293 e. The Morgan fingerprint density at radius 3 is 2.48 bits per heavy atom. The van der Waals surface area contributed by atoms with Crippen LogP contribution in [0, 0.1) is 0 Å². The number of carbonyl (C=O) groups excluding carboxylic acids is 2. The van der Waals surface area contributed by atoms with Gasteiger partial charge in [-0.25, -0.2) is 0 Å². The molecule has 166 valence electrons. The molecule has 1 atom stereocenters. The zero-order chi connectivity index (χ0) is 22.8. The number of nitrogens with one attached hydrogen (secondary N) is 2. The fourth-order valence-electron chi connectivity index (χ4n) is 3.96. The third kappa shape index (κ3) is 4.01. The van der Waals surface area contributed by atoms with Crippen LogP contribution in [-0.4, -0.2) is 18.6 Å². The van der Waals surface area contributed by atoms with Crippen molar-refractivity contribution in [1.29, 1.82) is 0 Å². The summed E-state index contributed by atoms with van der Waals surface area (Å²) in [5.41, 5.74) is 2.30. The number of amides is 2. The summed E-state index contributed by atoms with van der Waals surface area (Å²) < 4.78 is 16.6. The van der Waals surface area contributed by atoms with Crippen molar-refractivity contribution in [2.24, 2.45) is 0 Å². The van der Waals surface area contributed by atoms with E-state index in [0.717, 1.165) is 5.56 Å². The number of anilines is 2. The van der Waals surface area contributed by atoms with Gasteiger partial charge in [-0.15, -0.1) is 0 Å². The lowest BCUT2D eigenvalue weighted by molar-refractivity contribution is -0.117. The molecule has 0 bridgehead atoms. The number of para-hydroxylation sites is 1. The first kappa shape index (κ1) is 20.6. The Balaban J connectivity index is 1.46. The minimum Gasteiger partial charge on any atom is -0.454 e. The standard InChI is InChI=1S/C26H22N2O5/c1-2-18(16-8-4-3-5-9-16)25(29)28-23-19-10-6-7-11-20(19)33-24(23)26(30)27-17-12-13-21-22(14-17)32-15-31-21/h3-14,18H,2,15H2,1H3,(H,27,30)(H,28,29). The number of hydrogen-bond acceptors (Lipinski definition) is 5. The Kier molecular flexibility index (Phi) is 5.44. The minimum absolute atomic E-state index is 0.0325. The molecule has 33 heavy (non-hydrogen) atoms. The van der Waals surface area contributed by atoms with E-state index in [4.69, 9.17) is 13.9 Å². The predicted octanol–water partition coefficient (Wildman–Crippen LogP) is 5.55. The Morgan fingerprint density at radius 1 is 0.909 bits per heavy atom. The van der Waals surface area contributed by atoms with Gasteiger partial charge in [0.15, 0.2) is 11.5 Å². The van der Waals surface area contributed by atoms with Gasteiger partial charge in [0.25, 0.3) is 5.91 Å². The Bertz CT molecular complexity index is 1330. The fourth-order valence-corrected chi connectivity index (χ4v) is 3.96. The van der Waals surface area contributed by atoms with Crippen LogP contribution >= 0.6 is 0 Å². The monoisotopic (exact) mass is 442 g/mol. The Hall–Kier alpha value is -4.26. The summed E-state index contributed by atoms with van der Waals surface area (Å²) in [7, 11) is 0. The Labute approximate surface area is 190 Å². The van der Waals surface area contributed by atoms with Crippen LogP contribution in [0.2, 0.25) is 0 Å². The molecule has 7 nitrogen and oxygen atoms in total. The first-order valence-corrected chi connectivity index (χ1v) is 10.7. The maximum absolute atomic E-state index is 13.2. The van der Waals surface area contributed by atoms with E-state index in [2.05, 4.69) is 10.6 Å². The van der Waals surface area contributed by atoms with E-state index < -0.39 is 5.91 Å². The highest BCUT2D eigenvalue weighted by Gasteiger charge is 2.26. The molecule has 0 radical (unpaired) electrons. The van der Waals surface area contributed by atoms with Crippen LogP contribution in [-0.2, 0) is 4.79 Å². The summed E-state index contributed by atoms with van der Waals surface area (Å²) >= 11 is 0. The minimum atomic E-state index is -0.479. The van der Waals surface area contributed by atoms with Gasteiger partial charge < -0.3 is 24.5 Å². The van der Waals surface area contributed by atoms with Gasteiger partial charge in [0.2, 0.25) is 18.5 Å². The van der Waals surface area contributed by atoms with Crippen molar-refractivity contribution in [2.75, 3.05) is 17.4 Å². The molecule has 0 saturated heterocycles. The molecule has 2 N–H and O–H groups in total. The lowest BCUT2D eigenvalue weighted by Crippen LogP contribution is -2.22. The van der Waals surface area contributed by atoms with Gasteiger partial charge in [0, 0.05) is 17.1 Å². The first-order valence-electron chi connectivity index (χ1n) is 10.7. The predicted molar refractivity (Wildman–Crippen MR) is 125 cm³/mol. The lowest BCUT2D eigenvalue weighted by atomic mass is 9.95. The zero-order valence-corrected chi connectivity index (χ0v) is 18.0. The molecule has 1 aliphatic heterocycles. The van der Waals surface area contributed by atoms with Crippen LogP contribution in [0.25, 0.3) is 11.0 Å². The molecule has 0 saturated carbocycles. The summed E-state index contributed by atoms with van der Waals surface area (Å²) in [6, 6.07) is 21.9. The second-order valence-corrected chi connectivity index (χ2v) is 7.69. The van der Waals surface area contributed by atoms with E-state index >= 15 is 0 Å². The average Bonchev–Trinajstić information content (AvgIpc) is 3.45. The SMILES string of the molecule is CCC(C(=O)Nc1c(C(=O)Nc2ccc3c(c2)OCO3)oc2ccccc12)c1ccccc1. The van der Waals surface area contributed by atoms with Crippen molar-refractivity contribution in [3.63, 3.8) is 0 Å². The highest BCUT2D eigenvalue weighted by molar-refractivity contribution is 6.15. The quantitative estimate of drug-likeness (QED) is 0.409. The molecule has 0 aliphatic carbocycles. The topological polar surface area (TPSA) is 89.8 Å². The van der Waals surface area contributed by atoms with E-state index in [1.165, 1.54) is 0 Å². The van der Waals surface area contributed by atoms with E-state index in [1.54, 1.807) is 24.3 Å². The van der Waals surface area contributed by atoms with Crippen LogP contribution in [0.1, 0.15) is 35.4 Å². The van der Waals surface area contributed by atoms with Crippen molar-refractivity contribution in [2.45, 2.75) is 19.3 Å². The van der Waals surface area contributed by atoms with Crippen LogP contribution in [0.4, 0.5) is 11.4 Å². The van der Waals surface area contributed by atoms with E-state index in [-0.39, 0.29) is 24.4 Å². The lowest BCUT2D eigenvalue weighted by Gasteiger charge is -2.15. The average molecular weight is 442 g/mol. The van der Waals surface area contributed by atoms with Crippen molar-refractivity contribution in [1.82, 2.24) is 0 Å². The molecule has 2 heterocycles. The van der Waals surface area contributed by atoms with Crippen molar-refractivity contribution in [3.8, 4) is 11.5 Å². The van der Waals surface area contributed by atoms with Crippen LogP contribution < -0.4 is 20.1 Å². The van der Waals surface area contributed by atoms with Crippen LogP contribution in [0.15, 0.2) is 77.2 Å². The molecule has 3 aromatic carbocycles. The fraction of sp³-hybridized carbons (Fsp3) is 0.154. The highest BCUT2D eigenvalue weighted by Crippen LogP contribution is 2.36. The number of ether oxygens (including phenoxy) is 2. The maximum Gasteiger partial charge on any atom is 0.293 e. The van der Waals surface area contributed by atoms with Gasteiger partial charge >= 0.3 is 0 Å². The number of benzene rings is 3. The number of fused-ring (bicyclic) bond motifs is 2. The number of hydrogen-bond donors (Lipinski definition) is 2. The van der Waals surface area contributed by atoms with Crippen molar-refractivity contribution >= 4 is 34.2 Å². The molecule has 7 heteroatoms. The largest absolute Gasteiger partial charge is 0.454 e. The van der Waals surface area contributed by atoms with Crippen LogP contribution in [0.5, 0.6) is 11.5 Å². The molecule has 1 aromatic heterocycles. The normalized spacial score (nSPS) is 13.0. The molecule has 1 aliphatic rings. The molecule has 5 rings (SSSR count). The summed E-state index contributed by atoms with van der Waals surface area (Å²) in [5.74, 6) is 0.172. The highest BCUT2D eigenvalue weighted by atomic mass is 16.7. The van der Waals surface area contributed by atoms with Gasteiger partial charge in [-0.3, -0.25) is 9.59 Å². The molecule has 0 fully saturated rings. The molecular formula is C26H22N2O5. The second-order valence-electron chi connectivity index (χ2n) is 7.69. The van der Waals surface area contributed by atoms with E-state index in [0.29, 0.717) is 40.3 Å². The first-order chi connectivity index (χ1) is 16.1. The summed E-state index contributed by atoms with van der Waals surface area (Å²) in [6.45, 7) is 2.10. The van der Waals surface area contributed by atoms with Gasteiger partial charge in [0.05, 0.1) is 5.92 Å². The second kappa shape index (κ2) is 8.70. The van der Waals surface area contributed by atoms with Gasteiger partial charge in [0.1, 0.15) is 11.3 Å². The maximum atomic E-state index is 13.2. The van der Waals surface area contributed by atoms with Crippen LogP contribution in [0.3, 0.4) is 0 Å².